The van der Waals surface area contributed by atoms with Gasteiger partial charge in [0.1, 0.15) is 13.2 Å². The number of hydrogen-bond donors (Lipinski definition) is 2. The molecule has 2 aromatic carbocycles. The lowest BCUT2D eigenvalue weighted by atomic mass is 10.1. The van der Waals surface area contributed by atoms with Gasteiger partial charge in [-0.05, 0) is 49.2 Å². The number of aryl methyl sites for hydroxylation is 1. The molecular formula is C19H22N2O5S. The molecule has 0 spiro atoms. The molecule has 0 aromatic heterocycles. The zero-order valence-electron chi connectivity index (χ0n) is 15.4. The molecule has 0 saturated heterocycles. The predicted molar refractivity (Wildman–Crippen MR) is 103 cm³/mol. The number of carbonyl (C=O) groups is 1. The molecule has 8 heteroatoms. The molecule has 2 N–H and O–H groups in total. The number of sulfonamides is 1. The van der Waals surface area contributed by atoms with Crippen LogP contribution in [0.5, 0.6) is 11.5 Å². The van der Waals surface area contributed by atoms with E-state index in [1.807, 2.05) is 25.1 Å². The van der Waals surface area contributed by atoms with Gasteiger partial charge in [-0.25, -0.2) is 8.42 Å². The van der Waals surface area contributed by atoms with E-state index in [2.05, 4.69) is 10.0 Å². The number of benzene rings is 2. The summed E-state index contributed by atoms with van der Waals surface area (Å²) < 4.78 is 36.5. The summed E-state index contributed by atoms with van der Waals surface area (Å²) >= 11 is 0. The molecule has 0 aliphatic carbocycles. The number of hydrogen-bond acceptors (Lipinski definition) is 5. The lowest BCUT2D eigenvalue weighted by Gasteiger charge is -2.21. The fourth-order valence-corrected chi connectivity index (χ4v) is 3.38. The molecule has 1 heterocycles. The Morgan fingerprint density at radius 3 is 2.48 bits per heavy atom. The average molecular weight is 390 g/mol. The van der Waals surface area contributed by atoms with Gasteiger partial charge in [0.25, 0.3) is 5.91 Å². The molecule has 0 fully saturated rings. The zero-order chi connectivity index (χ0) is 19.6. The average Bonchev–Trinajstić information content (AvgIpc) is 2.62. The Kier molecular flexibility index (Phi) is 5.27. The van der Waals surface area contributed by atoms with E-state index in [9.17, 15) is 13.2 Å². The van der Waals surface area contributed by atoms with Gasteiger partial charge in [-0.15, -0.1) is 0 Å². The van der Waals surface area contributed by atoms with Crippen molar-refractivity contribution in [3.05, 3.63) is 53.1 Å². The summed E-state index contributed by atoms with van der Waals surface area (Å²) in [4.78, 5) is 12.6. The first-order valence-electron chi connectivity index (χ1n) is 8.52. The standard InChI is InChI=1S/C19H22N2O5S/c1-12-4-5-15(10-16(12)21-27(3,23)24)19(22)20-13(2)14-6-7-17-18(11-14)26-9-8-25-17/h4-7,10-11,13,21H,8-9H2,1-3H3,(H,20,22)/t13-/m1/s1. The number of rotatable bonds is 5. The van der Waals surface area contributed by atoms with Gasteiger partial charge in [0, 0.05) is 5.56 Å². The fraction of sp³-hybridized carbons (Fsp3) is 0.316. The largest absolute Gasteiger partial charge is 0.486 e. The first-order chi connectivity index (χ1) is 12.7. The van der Waals surface area contributed by atoms with Crippen LogP contribution in [0.15, 0.2) is 36.4 Å². The lowest BCUT2D eigenvalue weighted by Crippen LogP contribution is -2.27. The molecule has 144 valence electrons. The highest BCUT2D eigenvalue weighted by molar-refractivity contribution is 7.92. The van der Waals surface area contributed by atoms with Gasteiger partial charge >= 0.3 is 0 Å². The van der Waals surface area contributed by atoms with Crippen LogP contribution in [-0.2, 0) is 10.0 Å². The third-order valence-corrected chi connectivity index (χ3v) is 4.80. The molecule has 3 rings (SSSR count). The second-order valence-corrected chi connectivity index (χ2v) is 8.25. The highest BCUT2D eigenvalue weighted by atomic mass is 32.2. The Hall–Kier alpha value is -2.74. The second-order valence-electron chi connectivity index (χ2n) is 6.50. The molecule has 1 atom stereocenters. The van der Waals surface area contributed by atoms with Crippen molar-refractivity contribution in [2.45, 2.75) is 19.9 Å². The van der Waals surface area contributed by atoms with Crippen LogP contribution in [0.25, 0.3) is 0 Å². The van der Waals surface area contributed by atoms with Gasteiger partial charge in [-0.1, -0.05) is 12.1 Å². The molecule has 2 aromatic rings. The molecule has 27 heavy (non-hydrogen) atoms. The minimum absolute atomic E-state index is 0.263. The Morgan fingerprint density at radius 2 is 1.78 bits per heavy atom. The number of carbonyl (C=O) groups excluding carboxylic acids is 1. The molecule has 0 bridgehead atoms. The molecule has 7 nitrogen and oxygen atoms in total. The van der Waals surface area contributed by atoms with Gasteiger partial charge in [0.05, 0.1) is 18.0 Å². The van der Waals surface area contributed by atoms with Crippen molar-refractivity contribution < 1.29 is 22.7 Å². The molecule has 0 unspecified atom stereocenters. The van der Waals surface area contributed by atoms with E-state index in [4.69, 9.17) is 9.47 Å². The first-order valence-corrected chi connectivity index (χ1v) is 10.4. The van der Waals surface area contributed by atoms with Crippen molar-refractivity contribution in [3.8, 4) is 11.5 Å². The van der Waals surface area contributed by atoms with Crippen LogP contribution < -0.4 is 19.5 Å². The lowest BCUT2D eigenvalue weighted by molar-refractivity contribution is 0.0939. The third-order valence-electron chi connectivity index (χ3n) is 4.21. The van der Waals surface area contributed by atoms with Gasteiger partial charge < -0.3 is 14.8 Å². The maximum absolute atomic E-state index is 12.6. The Balaban J connectivity index is 1.76. The summed E-state index contributed by atoms with van der Waals surface area (Å²) in [7, 11) is -3.42. The molecule has 1 amide bonds. The summed E-state index contributed by atoms with van der Waals surface area (Å²) in [5.41, 5.74) is 2.37. The first kappa shape index (κ1) is 19.0. The van der Waals surface area contributed by atoms with Crippen molar-refractivity contribution in [3.63, 3.8) is 0 Å². The fourth-order valence-electron chi connectivity index (χ4n) is 2.77. The molecule has 0 saturated carbocycles. The minimum atomic E-state index is -3.42. The van der Waals surface area contributed by atoms with Crippen LogP contribution >= 0.6 is 0 Å². The minimum Gasteiger partial charge on any atom is -0.486 e. The van der Waals surface area contributed by atoms with Crippen molar-refractivity contribution in [2.75, 3.05) is 24.2 Å². The van der Waals surface area contributed by atoms with Crippen molar-refractivity contribution in [1.82, 2.24) is 5.32 Å². The monoisotopic (exact) mass is 390 g/mol. The van der Waals surface area contributed by atoms with E-state index in [1.54, 1.807) is 19.1 Å². The Labute approximate surface area is 158 Å². The number of ether oxygens (including phenoxy) is 2. The van der Waals surface area contributed by atoms with E-state index in [0.717, 1.165) is 17.4 Å². The highest BCUT2D eigenvalue weighted by Gasteiger charge is 2.17. The Morgan fingerprint density at radius 1 is 1.07 bits per heavy atom. The molecule has 0 radical (unpaired) electrons. The Bertz CT molecular complexity index is 972. The van der Waals surface area contributed by atoms with E-state index in [0.29, 0.717) is 36.0 Å². The number of fused-ring (bicyclic) bond motifs is 1. The summed E-state index contributed by atoms with van der Waals surface area (Å²) in [6.45, 7) is 4.66. The van der Waals surface area contributed by atoms with Crippen LogP contribution in [0.4, 0.5) is 5.69 Å². The van der Waals surface area contributed by atoms with Gasteiger partial charge in [0.15, 0.2) is 11.5 Å². The van der Waals surface area contributed by atoms with Crippen LogP contribution in [0.3, 0.4) is 0 Å². The summed E-state index contributed by atoms with van der Waals surface area (Å²) in [5.74, 6) is 1.06. The maximum Gasteiger partial charge on any atom is 0.251 e. The summed E-state index contributed by atoms with van der Waals surface area (Å²) in [5, 5.41) is 2.92. The number of nitrogens with one attached hydrogen (secondary N) is 2. The van der Waals surface area contributed by atoms with Crippen molar-refractivity contribution in [1.29, 1.82) is 0 Å². The number of amides is 1. The smallest absolute Gasteiger partial charge is 0.251 e. The quantitative estimate of drug-likeness (QED) is 0.819. The van der Waals surface area contributed by atoms with E-state index in [1.165, 1.54) is 6.07 Å². The predicted octanol–water partition coefficient (Wildman–Crippen LogP) is 2.63. The van der Waals surface area contributed by atoms with Crippen molar-refractivity contribution >= 4 is 21.6 Å². The highest BCUT2D eigenvalue weighted by Crippen LogP contribution is 2.32. The van der Waals surface area contributed by atoms with E-state index in [-0.39, 0.29) is 11.9 Å². The van der Waals surface area contributed by atoms with Crippen molar-refractivity contribution in [2.24, 2.45) is 0 Å². The van der Waals surface area contributed by atoms with E-state index >= 15 is 0 Å². The number of anilines is 1. The maximum atomic E-state index is 12.6. The summed E-state index contributed by atoms with van der Waals surface area (Å²) in [6, 6.07) is 10.2. The molecular weight excluding hydrogens is 368 g/mol. The van der Waals surface area contributed by atoms with Gasteiger partial charge in [-0.2, -0.15) is 0 Å². The van der Waals surface area contributed by atoms with Crippen LogP contribution in [0, 0.1) is 6.92 Å². The van der Waals surface area contributed by atoms with Crippen LogP contribution in [0.1, 0.15) is 34.5 Å². The van der Waals surface area contributed by atoms with E-state index < -0.39 is 10.0 Å². The van der Waals surface area contributed by atoms with Gasteiger partial charge in [-0.3, -0.25) is 9.52 Å². The molecule has 1 aliphatic rings. The molecule has 1 aliphatic heterocycles. The topological polar surface area (TPSA) is 93.7 Å². The van der Waals surface area contributed by atoms with Gasteiger partial charge in [0.2, 0.25) is 10.0 Å². The normalized spacial score (nSPS) is 14.3. The second kappa shape index (κ2) is 7.48. The third kappa shape index (κ3) is 4.71. The van der Waals surface area contributed by atoms with Crippen LogP contribution in [0.2, 0.25) is 0 Å². The summed E-state index contributed by atoms with van der Waals surface area (Å²) in [6.07, 6.45) is 1.07. The SMILES string of the molecule is Cc1ccc(C(=O)N[C@H](C)c2ccc3c(c2)OCCO3)cc1NS(C)(=O)=O. The zero-order valence-corrected chi connectivity index (χ0v) is 16.2. The van der Waals surface area contributed by atoms with Crippen LogP contribution in [-0.4, -0.2) is 33.8 Å².